The Hall–Kier alpha value is -3.22. The molecule has 4 rings (SSSR count). The zero-order valence-electron chi connectivity index (χ0n) is 15.6. The number of pyridine rings is 1. The number of aromatic nitrogens is 1. The van der Waals surface area contributed by atoms with E-state index in [1.54, 1.807) is 24.3 Å². The Morgan fingerprint density at radius 2 is 1.54 bits per heavy atom. The maximum atomic E-state index is 12.5. The summed E-state index contributed by atoms with van der Waals surface area (Å²) in [5.41, 5.74) is 0.903. The van der Waals surface area contributed by atoms with Crippen LogP contribution in [0.25, 0.3) is 0 Å². The fourth-order valence-electron chi connectivity index (χ4n) is 3.77. The Balaban J connectivity index is 1.25. The first-order valence-corrected chi connectivity index (χ1v) is 9.60. The van der Waals surface area contributed by atoms with E-state index in [0.29, 0.717) is 37.1 Å². The monoisotopic (exact) mass is 379 g/mol. The lowest BCUT2D eigenvalue weighted by atomic mass is 10.1. The molecule has 2 aromatic rings. The van der Waals surface area contributed by atoms with Gasteiger partial charge in [-0.2, -0.15) is 0 Å². The van der Waals surface area contributed by atoms with E-state index in [2.05, 4.69) is 9.88 Å². The molecule has 1 N–H and O–H groups in total. The van der Waals surface area contributed by atoms with Gasteiger partial charge in [0.05, 0.1) is 30.4 Å². The van der Waals surface area contributed by atoms with Gasteiger partial charge >= 0.3 is 0 Å². The van der Waals surface area contributed by atoms with Crippen LogP contribution in [0, 0.1) is 0 Å². The lowest BCUT2D eigenvalue weighted by molar-refractivity contribution is -0.364. The van der Waals surface area contributed by atoms with E-state index in [1.807, 2.05) is 29.3 Å². The third-order valence-corrected chi connectivity index (χ3v) is 5.32. The van der Waals surface area contributed by atoms with E-state index in [9.17, 15) is 14.4 Å². The van der Waals surface area contributed by atoms with E-state index in [4.69, 9.17) is 0 Å². The fourth-order valence-corrected chi connectivity index (χ4v) is 3.77. The van der Waals surface area contributed by atoms with Crippen LogP contribution in [0.4, 0.5) is 5.82 Å². The van der Waals surface area contributed by atoms with E-state index in [1.165, 1.54) is 4.90 Å². The van der Waals surface area contributed by atoms with Crippen LogP contribution in [0.5, 0.6) is 0 Å². The lowest BCUT2D eigenvalue weighted by Crippen LogP contribution is -2.50. The molecule has 0 saturated carbocycles. The molecule has 2 aliphatic rings. The first-order chi connectivity index (χ1) is 13.6. The third-order valence-electron chi connectivity index (χ3n) is 5.32. The molecule has 7 heteroatoms. The maximum absolute atomic E-state index is 12.5. The number of imide groups is 1. The zero-order chi connectivity index (χ0) is 19.5. The van der Waals surface area contributed by atoms with Gasteiger partial charge in [0.15, 0.2) is 0 Å². The number of benzene rings is 1. The van der Waals surface area contributed by atoms with Gasteiger partial charge in [0.1, 0.15) is 13.1 Å². The molecule has 1 fully saturated rings. The number of piperazine rings is 1. The van der Waals surface area contributed by atoms with Crippen LogP contribution in [0.2, 0.25) is 0 Å². The molecule has 0 bridgehead atoms. The van der Waals surface area contributed by atoms with Crippen molar-refractivity contribution >= 4 is 23.5 Å². The summed E-state index contributed by atoms with van der Waals surface area (Å²) in [6.45, 7) is 3.19. The second-order valence-electron chi connectivity index (χ2n) is 7.03. The fraction of sp³-hybridized carbons (Fsp3) is 0.333. The van der Waals surface area contributed by atoms with E-state index >= 15 is 0 Å². The first kappa shape index (κ1) is 18.2. The van der Waals surface area contributed by atoms with Crippen molar-refractivity contribution in [1.29, 1.82) is 0 Å². The molecule has 28 heavy (non-hydrogen) atoms. The molecule has 0 aliphatic carbocycles. The number of nitrogens with one attached hydrogen (secondary N) is 1. The number of hydrogen-bond donors (Lipinski definition) is 0. The van der Waals surface area contributed by atoms with Crippen molar-refractivity contribution < 1.29 is 19.4 Å². The number of carbonyl (C=O) groups excluding carboxylic acids is 3. The van der Waals surface area contributed by atoms with Crippen molar-refractivity contribution in [2.75, 3.05) is 37.6 Å². The number of nitrogens with zero attached hydrogens (tertiary/aromatic N) is 3. The summed E-state index contributed by atoms with van der Waals surface area (Å²) in [5.74, 6) is 0.607. The Morgan fingerprint density at radius 3 is 2.14 bits per heavy atom. The van der Waals surface area contributed by atoms with Crippen LogP contribution in [-0.4, -0.2) is 60.2 Å². The molecule has 1 aromatic carbocycles. The zero-order valence-corrected chi connectivity index (χ0v) is 15.6. The minimum atomic E-state index is -0.263. The van der Waals surface area contributed by atoms with Gasteiger partial charge in [-0.25, -0.2) is 4.98 Å². The number of H-pyrrole nitrogens is 1. The summed E-state index contributed by atoms with van der Waals surface area (Å²) in [4.78, 5) is 45.8. The van der Waals surface area contributed by atoms with Crippen molar-refractivity contribution in [3.8, 4) is 0 Å². The lowest BCUT2D eigenvalue weighted by Gasteiger charge is -2.31. The van der Waals surface area contributed by atoms with Crippen molar-refractivity contribution in [3.05, 3.63) is 59.8 Å². The molecule has 1 saturated heterocycles. The average molecular weight is 379 g/mol. The van der Waals surface area contributed by atoms with Gasteiger partial charge in [-0.3, -0.25) is 24.2 Å². The highest BCUT2D eigenvalue weighted by atomic mass is 16.2. The highest BCUT2D eigenvalue weighted by molar-refractivity contribution is 6.21. The Kier molecular flexibility index (Phi) is 5.06. The number of aromatic amines is 1. The minimum absolute atomic E-state index is 0.0771. The molecule has 3 heterocycles. The third kappa shape index (κ3) is 3.47. The molecule has 3 amide bonds. The second kappa shape index (κ2) is 7.80. The van der Waals surface area contributed by atoms with Gasteiger partial charge < -0.3 is 4.90 Å². The topological polar surface area (TPSA) is 75.1 Å². The molecule has 0 unspecified atom stereocenters. The predicted molar refractivity (Wildman–Crippen MR) is 103 cm³/mol. The SMILES string of the molecule is O=C(CCCN1C(=O)c2ccccc2C1=O)N1CCN(c2cccc[nH+]2)CC1. The molecule has 7 nitrogen and oxygen atoms in total. The predicted octanol–water partition coefficient (Wildman–Crippen LogP) is 1.23. The highest BCUT2D eigenvalue weighted by Crippen LogP contribution is 2.22. The number of amides is 3. The highest BCUT2D eigenvalue weighted by Gasteiger charge is 2.34. The molecule has 1 aromatic heterocycles. The molecule has 2 aliphatic heterocycles. The normalized spacial score (nSPS) is 16.5. The van der Waals surface area contributed by atoms with Crippen LogP contribution in [0.3, 0.4) is 0 Å². The smallest absolute Gasteiger partial charge is 0.274 e. The Labute approximate surface area is 163 Å². The van der Waals surface area contributed by atoms with E-state index in [-0.39, 0.29) is 24.3 Å². The first-order valence-electron chi connectivity index (χ1n) is 9.60. The van der Waals surface area contributed by atoms with Gasteiger partial charge in [-0.1, -0.05) is 18.2 Å². The van der Waals surface area contributed by atoms with Gasteiger partial charge in [-0.15, -0.1) is 0 Å². The number of hydrogen-bond acceptors (Lipinski definition) is 4. The molecule has 0 atom stereocenters. The van der Waals surface area contributed by atoms with E-state index < -0.39 is 0 Å². The number of fused-ring (bicyclic) bond motifs is 1. The summed E-state index contributed by atoms with van der Waals surface area (Å²) in [7, 11) is 0. The van der Waals surface area contributed by atoms with Crippen LogP contribution in [-0.2, 0) is 4.79 Å². The van der Waals surface area contributed by atoms with Crippen molar-refractivity contribution in [2.45, 2.75) is 12.8 Å². The molecule has 0 radical (unpaired) electrons. The van der Waals surface area contributed by atoms with E-state index in [0.717, 1.165) is 18.9 Å². The summed E-state index contributed by atoms with van der Waals surface area (Å²) < 4.78 is 0. The van der Waals surface area contributed by atoms with Gasteiger partial charge in [0, 0.05) is 19.0 Å². The second-order valence-corrected chi connectivity index (χ2v) is 7.03. The summed E-state index contributed by atoms with van der Waals surface area (Å²) in [5, 5.41) is 0. The average Bonchev–Trinajstić information content (AvgIpc) is 2.99. The van der Waals surface area contributed by atoms with Gasteiger partial charge in [-0.05, 0) is 24.6 Å². The van der Waals surface area contributed by atoms with Gasteiger partial charge in [0.2, 0.25) is 5.91 Å². The Bertz CT molecular complexity index is 857. The minimum Gasteiger partial charge on any atom is -0.335 e. The van der Waals surface area contributed by atoms with Crippen molar-refractivity contribution in [2.24, 2.45) is 0 Å². The van der Waals surface area contributed by atoms with Crippen molar-refractivity contribution in [3.63, 3.8) is 0 Å². The summed E-state index contributed by atoms with van der Waals surface area (Å²) in [6, 6.07) is 12.8. The largest absolute Gasteiger partial charge is 0.335 e. The Morgan fingerprint density at radius 1 is 0.893 bits per heavy atom. The van der Waals surface area contributed by atoms with Crippen LogP contribution >= 0.6 is 0 Å². The molecular weight excluding hydrogens is 356 g/mol. The van der Waals surface area contributed by atoms with Gasteiger partial charge in [0.25, 0.3) is 17.6 Å². The number of rotatable bonds is 5. The number of anilines is 1. The quantitative estimate of drug-likeness (QED) is 0.733. The number of carbonyl (C=O) groups is 3. The molecule has 0 spiro atoms. The van der Waals surface area contributed by atoms with Crippen LogP contribution in [0.1, 0.15) is 33.6 Å². The summed E-state index contributed by atoms with van der Waals surface area (Å²) >= 11 is 0. The van der Waals surface area contributed by atoms with Crippen molar-refractivity contribution in [1.82, 2.24) is 9.80 Å². The molecule has 144 valence electrons. The molecular formula is C21H23N4O3+. The standard InChI is InChI=1S/C21H22N4O3/c26-19(24-14-12-23(13-15-24)18-8-3-4-10-22-18)9-5-11-25-20(27)16-6-1-2-7-17(16)21(25)28/h1-4,6-8,10H,5,9,11-15H2/p+1. The maximum Gasteiger partial charge on any atom is 0.274 e. The summed E-state index contributed by atoms with van der Waals surface area (Å²) in [6.07, 6.45) is 2.72. The van der Waals surface area contributed by atoms with Crippen LogP contribution in [0.15, 0.2) is 48.7 Å². The van der Waals surface area contributed by atoms with Crippen LogP contribution < -0.4 is 9.88 Å².